The summed E-state index contributed by atoms with van der Waals surface area (Å²) in [5.41, 5.74) is 0. The van der Waals surface area contributed by atoms with Crippen molar-refractivity contribution in [1.29, 1.82) is 0 Å². The van der Waals surface area contributed by atoms with E-state index in [-0.39, 0.29) is 25.7 Å². The standard InChI is InChI=1S/C73H142O17P2/c1-7-10-12-14-16-17-18-19-20-21-22-23-24-25-26-27-28-29-34-38-45-51-57-72(77)89-68(62-84-71(76)56-50-44-37-33-31-30-32-36-42-48-54-66(6)9-3)63-87-91(79,80)85-59-67(74)60-86-92(81,82)88-64-69(61-83-70(75)55-49-43-35-15-13-11-8-2)90-73(78)58-52-46-40-39-41-47-53-65(4)5/h65-69,74H,7-64H2,1-6H3,(H,79,80)(H,81,82)/t66?,67-,68-,69-/m1/s1. The molecule has 0 bridgehead atoms. The number of aliphatic hydroxyl groups is 1. The normalized spacial score (nSPS) is 14.4. The van der Waals surface area contributed by atoms with Crippen LogP contribution in [0.5, 0.6) is 0 Å². The van der Waals surface area contributed by atoms with Crippen molar-refractivity contribution in [2.24, 2.45) is 11.8 Å². The van der Waals surface area contributed by atoms with Gasteiger partial charge in [0.2, 0.25) is 0 Å². The van der Waals surface area contributed by atoms with Gasteiger partial charge in [-0.2, -0.15) is 0 Å². The van der Waals surface area contributed by atoms with Crippen LogP contribution in [0.1, 0.15) is 375 Å². The number of aliphatic hydroxyl groups excluding tert-OH is 1. The van der Waals surface area contributed by atoms with Crippen LogP contribution in [0.3, 0.4) is 0 Å². The molecule has 0 aliphatic heterocycles. The molecule has 0 saturated carbocycles. The molecule has 19 heteroatoms. The van der Waals surface area contributed by atoms with E-state index < -0.39 is 97.5 Å². The van der Waals surface area contributed by atoms with Gasteiger partial charge in [-0.25, -0.2) is 9.13 Å². The van der Waals surface area contributed by atoms with Crippen molar-refractivity contribution in [1.82, 2.24) is 0 Å². The SMILES string of the molecule is CCCCCCCCCCCCCCCCCCCCCCCCC(=O)O[C@H](COC(=O)CCCCCCCCCCCCC(C)CC)COP(=O)(O)OC[C@@H](O)COP(=O)(O)OC[C@@H](COC(=O)CCCCCCCCC)OC(=O)CCCCCCCCC(C)C. The third-order valence-electron chi connectivity index (χ3n) is 17.3. The molecule has 0 saturated heterocycles. The summed E-state index contributed by atoms with van der Waals surface area (Å²) in [6, 6.07) is 0. The fourth-order valence-corrected chi connectivity index (χ4v) is 12.7. The van der Waals surface area contributed by atoms with E-state index in [0.29, 0.717) is 31.6 Å². The van der Waals surface area contributed by atoms with Crippen LogP contribution < -0.4 is 0 Å². The minimum atomic E-state index is -4.95. The molecule has 0 aromatic heterocycles. The average molecular weight is 1350 g/mol. The lowest BCUT2D eigenvalue weighted by Gasteiger charge is -2.21. The predicted octanol–water partition coefficient (Wildman–Crippen LogP) is 21.2. The van der Waals surface area contributed by atoms with Gasteiger partial charge in [0.15, 0.2) is 12.2 Å². The first-order valence-corrected chi connectivity index (χ1v) is 41.0. The summed E-state index contributed by atoms with van der Waals surface area (Å²) in [5.74, 6) is -0.652. The van der Waals surface area contributed by atoms with Crippen LogP contribution in [0.4, 0.5) is 0 Å². The zero-order valence-electron chi connectivity index (χ0n) is 59.9. The maximum absolute atomic E-state index is 13.1. The Labute approximate surface area is 562 Å². The van der Waals surface area contributed by atoms with E-state index in [2.05, 4.69) is 41.5 Å². The topological polar surface area (TPSA) is 237 Å². The van der Waals surface area contributed by atoms with E-state index in [0.717, 1.165) is 109 Å². The van der Waals surface area contributed by atoms with Crippen molar-refractivity contribution in [3.05, 3.63) is 0 Å². The van der Waals surface area contributed by atoms with Crippen LogP contribution >= 0.6 is 15.6 Å². The molecule has 0 radical (unpaired) electrons. The third-order valence-corrected chi connectivity index (χ3v) is 19.2. The Bertz CT molecular complexity index is 1790. The maximum Gasteiger partial charge on any atom is 0.472 e. The first-order valence-electron chi connectivity index (χ1n) is 38.0. The molecule has 546 valence electrons. The van der Waals surface area contributed by atoms with Crippen LogP contribution in [-0.2, 0) is 65.4 Å². The Morgan fingerprint density at radius 3 is 0.826 bits per heavy atom. The van der Waals surface area contributed by atoms with Gasteiger partial charge in [0.05, 0.1) is 26.4 Å². The number of rotatable bonds is 72. The first kappa shape index (κ1) is 90.1. The molecule has 3 N–H and O–H groups in total. The van der Waals surface area contributed by atoms with Crippen molar-refractivity contribution in [2.45, 2.75) is 394 Å². The molecule has 0 aliphatic rings. The Kier molecular flexibility index (Phi) is 63.7. The lowest BCUT2D eigenvalue weighted by molar-refractivity contribution is -0.161. The zero-order chi connectivity index (χ0) is 67.9. The Morgan fingerprint density at radius 1 is 0.315 bits per heavy atom. The number of carbonyl (C=O) groups excluding carboxylic acids is 4. The van der Waals surface area contributed by atoms with Crippen molar-refractivity contribution in [2.75, 3.05) is 39.6 Å². The minimum Gasteiger partial charge on any atom is -0.462 e. The largest absolute Gasteiger partial charge is 0.472 e. The van der Waals surface area contributed by atoms with Gasteiger partial charge in [-0.1, -0.05) is 324 Å². The molecular weight excluding hydrogens is 1210 g/mol. The average Bonchev–Trinajstić information content (AvgIpc) is 1.45. The fraction of sp³-hybridized carbons (Fsp3) is 0.945. The predicted molar refractivity (Wildman–Crippen MR) is 372 cm³/mol. The molecule has 0 rings (SSSR count). The number of carbonyl (C=O) groups is 4. The molecule has 92 heavy (non-hydrogen) atoms. The summed E-state index contributed by atoms with van der Waals surface area (Å²) in [7, 11) is -9.90. The highest BCUT2D eigenvalue weighted by atomic mass is 31.2. The minimum absolute atomic E-state index is 0.102. The van der Waals surface area contributed by atoms with Crippen LogP contribution in [0.2, 0.25) is 0 Å². The maximum atomic E-state index is 13.1. The van der Waals surface area contributed by atoms with Crippen molar-refractivity contribution in [3.8, 4) is 0 Å². The van der Waals surface area contributed by atoms with Gasteiger partial charge in [0.25, 0.3) is 0 Å². The molecular formula is C73H142O17P2. The number of unbranched alkanes of at least 4 members (excludes halogenated alkanes) is 41. The van der Waals surface area contributed by atoms with Gasteiger partial charge >= 0.3 is 39.5 Å². The number of ether oxygens (including phenoxy) is 4. The van der Waals surface area contributed by atoms with Crippen LogP contribution in [0, 0.1) is 11.8 Å². The quantitative estimate of drug-likeness (QED) is 0.0222. The Morgan fingerprint density at radius 2 is 0.554 bits per heavy atom. The van der Waals surface area contributed by atoms with E-state index in [1.807, 2.05) is 0 Å². The van der Waals surface area contributed by atoms with Gasteiger partial charge in [-0.15, -0.1) is 0 Å². The summed E-state index contributed by atoms with van der Waals surface area (Å²) in [4.78, 5) is 72.4. The second-order valence-corrected chi connectivity index (χ2v) is 30.0. The number of esters is 4. The second kappa shape index (κ2) is 65.0. The summed E-state index contributed by atoms with van der Waals surface area (Å²) in [6.45, 7) is 9.45. The molecule has 0 heterocycles. The van der Waals surface area contributed by atoms with E-state index in [1.54, 1.807) is 0 Å². The molecule has 0 aromatic rings. The number of hydrogen-bond donors (Lipinski definition) is 3. The van der Waals surface area contributed by atoms with Crippen molar-refractivity contribution in [3.63, 3.8) is 0 Å². The number of phosphoric acid groups is 2. The van der Waals surface area contributed by atoms with Gasteiger partial charge in [-0.05, 0) is 37.5 Å². The number of hydrogen-bond acceptors (Lipinski definition) is 15. The fourth-order valence-electron chi connectivity index (χ4n) is 11.1. The number of phosphoric ester groups is 2. The molecule has 0 amide bonds. The molecule has 0 spiro atoms. The molecule has 6 atom stereocenters. The van der Waals surface area contributed by atoms with Gasteiger partial charge in [0, 0.05) is 25.7 Å². The summed E-state index contributed by atoms with van der Waals surface area (Å²) < 4.78 is 68.2. The van der Waals surface area contributed by atoms with Gasteiger partial charge < -0.3 is 33.8 Å². The lowest BCUT2D eigenvalue weighted by atomic mass is 9.99. The smallest absolute Gasteiger partial charge is 0.462 e. The van der Waals surface area contributed by atoms with E-state index in [4.69, 9.17) is 37.0 Å². The highest BCUT2D eigenvalue weighted by Gasteiger charge is 2.30. The van der Waals surface area contributed by atoms with Crippen LogP contribution in [0.25, 0.3) is 0 Å². The second-order valence-electron chi connectivity index (χ2n) is 27.1. The Hall–Kier alpha value is -1.94. The molecule has 17 nitrogen and oxygen atoms in total. The van der Waals surface area contributed by atoms with Gasteiger partial charge in [-0.3, -0.25) is 37.3 Å². The highest BCUT2D eigenvalue weighted by molar-refractivity contribution is 7.47. The molecule has 3 unspecified atom stereocenters. The lowest BCUT2D eigenvalue weighted by Crippen LogP contribution is -2.30. The van der Waals surface area contributed by atoms with Crippen LogP contribution in [0.15, 0.2) is 0 Å². The molecule has 0 aliphatic carbocycles. The summed E-state index contributed by atoms with van der Waals surface area (Å²) in [6.07, 6.45) is 51.8. The molecule has 0 fully saturated rings. The third kappa shape index (κ3) is 65.4. The van der Waals surface area contributed by atoms with Gasteiger partial charge in [0.1, 0.15) is 19.3 Å². The van der Waals surface area contributed by atoms with E-state index in [9.17, 15) is 43.2 Å². The monoisotopic (exact) mass is 1350 g/mol. The van der Waals surface area contributed by atoms with Crippen molar-refractivity contribution < 1.29 is 80.2 Å². The molecule has 0 aromatic carbocycles. The zero-order valence-corrected chi connectivity index (χ0v) is 61.6. The van der Waals surface area contributed by atoms with E-state index in [1.165, 1.54) is 180 Å². The summed E-state index contributed by atoms with van der Waals surface area (Å²) in [5, 5.41) is 10.6. The van der Waals surface area contributed by atoms with Crippen LogP contribution in [-0.4, -0.2) is 96.7 Å². The highest BCUT2D eigenvalue weighted by Crippen LogP contribution is 2.45. The van der Waals surface area contributed by atoms with Crippen molar-refractivity contribution >= 4 is 39.5 Å². The van der Waals surface area contributed by atoms with E-state index >= 15 is 0 Å². The Balaban J connectivity index is 5.13. The first-order chi connectivity index (χ1) is 44.4. The summed E-state index contributed by atoms with van der Waals surface area (Å²) >= 11 is 0.